The van der Waals surface area contributed by atoms with Crippen LogP contribution in [0, 0.1) is 5.41 Å². The maximum absolute atomic E-state index is 12.0. The molecule has 1 aromatic heterocycles. The van der Waals surface area contributed by atoms with E-state index in [1.165, 1.54) is 0 Å². The third kappa shape index (κ3) is 3.32. The van der Waals surface area contributed by atoms with Gasteiger partial charge in [-0.2, -0.15) is 5.10 Å². The molecule has 1 unspecified atom stereocenters. The molecule has 0 aliphatic carbocycles. The van der Waals surface area contributed by atoms with Crippen molar-refractivity contribution in [1.82, 2.24) is 9.78 Å². The molecule has 0 saturated carbocycles. The lowest BCUT2D eigenvalue weighted by molar-refractivity contribution is -0.155. The fourth-order valence-corrected chi connectivity index (χ4v) is 2.02. The van der Waals surface area contributed by atoms with Gasteiger partial charge in [0.15, 0.2) is 0 Å². The molecule has 0 bridgehead atoms. The van der Waals surface area contributed by atoms with Gasteiger partial charge in [-0.15, -0.1) is 0 Å². The van der Waals surface area contributed by atoms with Crippen LogP contribution in [-0.4, -0.2) is 28.9 Å². The molecule has 5 nitrogen and oxygen atoms in total. The fourth-order valence-electron chi connectivity index (χ4n) is 2.02. The predicted octanol–water partition coefficient (Wildman–Crippen LogP) is 1.27. The van der Waals surface area contributed by atoms with Gasteiger partial charge in [-0.05, 0) is 31.7 Å². The van der Waals surface area contributed by atoms with Crippen molar-refractivity contribution in [3.63, 3.8) is 0 Å². The van der Waals surface area contributed by atoms with E-state index < -0.39 is 5.41 Å². The number of nitrogens with two attached hydrogens (primary N) is 1. The second kappa shape index (κ2) is 6.54. The smallest absolute Gasteiger partial charge is 0.313 e. The first-order chi connectivity index (χ1) is 8.57. The Morgan fingerprint density at radius 1 is 1.56 bits per heavy atom. The van der Waals surface area contributed by atoms with Gasteiger partial charge in [-0.3, -0.25) is 9.48 Å². The number of hydrogen-bond donors (Lipinski definition) is 1. The van der Waals surface area contributed by atoms with Gasteiger partial charge < -0.3 is 10.5 Å². The molecule has 0 fully saturated rings. The highest BCUT2D eigenvalue weighted by molar-refractivity contribution is 5.77. The highest BCUT2D eigenvalue weighted by Crippen LogP contribution is 2.29. The van der Waals surface area contributed by atoms with Gasteiger partial charge in [0.05, 0.1) is 18.2 Å². The van der Waals surface area contributed by atoms with Crippen molar-refractivity contribution in [3.05, 3.63) is 18.0 Å². The van der Waals surface area contributed by atoms with Gasteiger partial charge in [0.2, 0.25) is 0 Å². The number of aryl methyl sites for hydroxylation is 2. The standard InChI is InChI=1S/C13H23N3O2/c1-4-13(10-14,12(17)18-5-2)7-6-11-8-15-16(3)9-11/h8-9H,4-7,10,14H2,1-3H3. The zero-order chi connectivity index (χ0) is 13.6. The van der Waals surface area contributed by atoms with Gasteiger partial charge in [0.25, 0.3) is 0 Å². The second-order valence-corrected chi connectivity index (χ2v) is 4.58. The molecule has 1 rings (SSSR count). The van der Waals surface area contributed by atoms with Crippen LogP contribution in [0.25, 0.3) is 0 Å². The van der Waals surface area contributed by atoms with E-state index in [4.69, 9.17) is 10.5 Å². The second-order valence-electron chi connectivity index (χ2n) is 4.58. The fraction of sp³-hybridized carbons (Fsp3) is 0.692. The van der Waals surface area contributed by atoms with Crippen molar-refractivity contribution < 1.29 is 9.53 Å². The molecule has 0 saturated heterocycles. The maximum atomic E-state index is 12.0. The molecular weight excluding hydrogens is 230 g/mol. The highest BCUT2D eigenvalue weighted by atomic mass is 16.5. The minimum absolute atomic E-state index is 0.182. The molecule has 0 aliphatic heterocycles. The van der Waals surface area contributed by atoms with E-state index in [-0.39, 0.29) is 5.97 Å². The Balaban J connectivity index is 2.70. The number of ether oxygens (including phenoxy) is 1. The molecule has 2 N–H and O–H groups in total. The Kier molecular flexibility index (Phi) is 5.34. The van der Waals surface area contributed by atoms with Crippen LogP contribution in [0.15, 0.2) is 12.4 Å². The lowest BCUT2D eigenvalue weighted by Gasteiger charge is -2.28. The summed E-state index contributed by atoms with van der Waals surface area (Å²) >= 11 is 0. The summed E-state index contributed by atoms with van der Waals surface area (Å²) < 4.78 is 6.90. The van der Waals surface area contributed by atoms with E-state index in [0.717, 1.165) is 12.0 Å². The van der Waals surface area contributed by atoms with Gasteiger partial charge >= 0.3 is 5.97 Å². The molecule has 1 aromatic rings. The van der Waals surface area contributed by atoms with E-state index >= 15 is 0 Å². The monoisotopic (exact) mass is 253 g/mol. The Morgan fingerprint density at radius 3 is 2.72 bits per heavy atom. The van der Waals surface area contributed by atoms with Gasteiger partial charge in [-0.25, -0.2) is 0 Å². The van der Waals surface area contributed by atoms with E-state index in [2.05, 4.69) is 5.10 Å². The van der Waals surface area contributed by atoms with Gasteiger partial charge in [0.1, 0.15) is 0 Å². The SMILES string of the molecule is CCOC(=O)C(CC)(CN)CCc1cnn(C)c1. The first-order valence-corrected chi connectivity index (χ1v) is 6.42. The third-order valence-electron chi connectivity index (χ3n) is 3.43. The van der Waals surface area contributed by atoms with Crippen LogP contribution in [0.1, 0.15) is 32.3 Å². The summed E-state index contributed by atoms with van der Waals surface area (Å²) in [6.45, 7) is 4.51. The van der Waals surface area contributed by atoms with Crippen molar-refractivity contribution in [2.45, 2.75) is 33.1 Å². The molecule has 0 aromatic carbocycles. The summed E-state index contributed by atoms with van der Waals surface area (Å²) in [6, 6.07) is 0. The first kappa shape index (κ1) is 14.7. The van der Waals surface area contributed by atoms with Crippen LogP contribution in [0.4, 0.5) is 0 Å². The molecule has 0 aliphatic rings. The summed E-state index contributed by atoms with van der Waals surface area (Å²) in [5.41, 5.74) is 6.35. The average molecular weight is 253 g/mol. The van der Waals surface area contributed by atoms with E-state index in [1.807, 2.05) is 33.3 Å². The lowest BCUT2D eigenvalue weighted by atomic mass is 9.80. The summed E-state index contributed by atoms with van der Waals surface area (Å²) in [6.07, 6.45) is 5.97. The summed E-state index contributed by atoms with van der Waals surface area (Å²) in [7, 11) is 1.88. The van der Waals surface area contributed by atoms with Crippen LogP contribution in [0.2, 0.25) is 0 Å². The van der Waals surface area contributed by atoms with Gasteiger partial charge in [0, 0.05) is 19.8 Å². The largest absolute Gasteiger partial charge is 0.466 e. The molecule has 5 heteroatoms. The predicted molar refractivity (Wildman–Crippen MR) is 69.9 cm³/mol. The number of nitrogens with zero attached hydrogens (tertiary/aromatic N) is 2. The van der Waals surface area contributed by atoms with Crippen molar-refractivity contribution in [1.29, 1.82) is 0 Å². The first-order valence-electron chi connectivity index (χ1n) is 6.42. The number of rotatable bonds is 7. The van der Waals surface area contributed by atoms with Crippen LogP contribution in [0.3, 0.4) is 0 Å². The molecule has 102 valence electrons. The Labute approximate surface area is 108 Å². The number of carbonyl (C=O) groups excluding carboxylic acids is 1. The summed E-state index contributed by atoms with van der Waals surface area (Å²) in [5.74, 6) is -0.182. The lowest BCUT2D eigenvalue weighted by Crippen LogP contribution is -2.40. The topological polar surface area (TPSA) is 70.1 Å². The number of carbonyl (C=O) groups is 1. The quantitative estimate of drug-likeness (QED) is 0.743. The van der Waals surface area contributed by atoms with Crippen molar-refractivity contribution in [3.8, 4) is 0 Å². The zero-order valence-corrected chi connectivity index (χ0v) is 11.5. The third-order valence-corrected chi connectivity index (χ3v) is 3.43. The maximum Gasteiger partial charge on any atom is 0.313 e. The van der Waals surface area contributed by atoms with E-state index in [0.29, 0.717) is 26.0 Å². The molecule has 1 atom stereocenters. The average Bonchev–Trinajstić information content (AvgIpc) is 2.77. The number of aromatic nitrogens is 2. The van der Waals surface area contributed by atoms with Crippen LogP contribution in [0.5, 0.6) is 0 Å². The molecule has 0 spiro atoms. The number of hydrogen-bond acceptors (Lipinski definition) is 4. The molecule has 1 heterocycles. The van der Waals surface area contributed by atoms with Crippen LogP contribution >= 0.6 is 0 Å². The molecular formula is C13H23N3O2. The van der Waals surface area contributed by atoms with Crippen LogP contribution in [-0.2, 0) is 23.0 Å². The minimum atomic E-state index is -0.564. The number of esters is 1. The summed E-state index contributed by atoms with van der Waals surface area (Å²) in [5, 5.41) is 4.12. The Hall–Kier alpha value is -1.36. The Morgan fingerprint density at radius 2 is 2.28 bits per heavy atom. The summed E-state index contributed by atoms with van der Waals surface area (Å²) in [4.78, 5) is 12.0. The molecule has 0 amide bonds. The van der Waals surface area contributed by atoms with E-state index in [1.54, 1.807) is 4.68 Å². The zero-order valence-electron chi connectivity index (χ0n) is 11.5. The van der Waals surface area contributed by atoms with Crippen molar-refractivity contribution >= 4 is 5.97 Å². The normalized spacial score (nSPS) is 14.2. The minimum Gasteiger partial charge on any atom is -0.466 e. The Bertz CT molecular complexity index is 383. The van der Waals surface area contributed by atoms with Crippen LogP contribution < -0.4 is 5.73 Å². The van der Waals surface area contributed by atoms with Crippen molar-refractivity contribution in [2.75, 3.05) is 13.2 Å². The van der Waals surface area contributed by atoms with E-state index in [9.17, 15) is 4.79 Å². The van der Waals surface area contributed by atoms with Gasteiger partial charge in [-0.1, -0.05) is 6.92 Å². The van der Waals surface area contributed by atoms with Crippen molar-refractivity contribution in [2.24, 2.45) is 18.2 Å². The molecule has 18 heavy (non-hydrogen) atoms. The highest BCUT2D eigenvalue weighted by Gasteiger charge is 2.36. The molecule has 0 radical (unpaired) electrons.